The SMILES string of the molecule is O=C1CCCC1c1cccc(C2CCC2)c1. The zero-order valence-corrected chi connectivity index (χ0v) is 9.61. The lowest BCUT2D eigenvalue weighted by atomic mass is 9.79. The number of rotatable bonds is 2. The van der Waals surface area contributed by atoms with E-state index in [4.69, 9.17) is 0 Å². The quantitative estimate of drug-likeness (QED) is 0.732. The molecule has 0 N–H and O–H groups in total. The molecule has 1 nitrogen and oxygen atoms in total. The van der Waals surface area contributed by atoms with E-state index in [1.165, 1.54) is 30.4 Å². The lowest BCUT2D eigenvalue weighted by Gasteiger charge is -2.26. The first-order valence-corrected chi connectivity index (χ1v) is 6.47. The summed E-state index contributed by atoms with van der Waals surface area (Å²) >= 11 is 0. The van der Waals surface area contributed by atoms with Crippen molar-refractivity contribution in [2.45, 2.75) is 50.4 Å². The van der Waals surface area contributed by atoms with Gasteiger partial charge in [0.2, 0.25) is 0 Å². The van der Waals surface area contributed by atoms with E-state index in [0.717, 1.165) is 25.2 Å². The van der Waals surface area contributed by atoms with Crippen molar-refractivity contribution in [1.29, 1.82) is 0 Å². The smallest absolute Gasteiger partial charge is 0.140 e. The Labute approximate surface area is 96.9 Å². The fourth-order valence-corrected chi connectivity index (χ4v) is 2.94. The van der Waals surface area contributed by atoms with Crippen LogP contribution in [0.4, 0.5) is 0 Å². The van der Waals surface area contributed by atoms with Gasteiger partial charge in [0, 0.05) is 12.3 Å². The molecule has 0 aromatic heterocycles. The fourth-order valence-electron chi connectivity index (χ4n) is 2.94. The Morgan fingerprint density at radius 1 is 1.00 bits per heavy atom. The average molecular weight is 214 g/mol. The lowest BCUT2D eigenvalue weighted by molar-refractivity contribution is -0.118. The molecule has 1 heteroatoms. The Balaban J connectivity index is 1.86. The van der Waals surface area contributed by atoms with E-state index >= 15 is 0 Å². The number of carbonyl (C=O) groups is 1. The van der Waals surface area contributed by atoms with Crippen LogP contribution in [0, 0.1) is 0 Å². The molecule has 1 atom stereocenters. The van der Waals surface area contributed by atoms with E-state index in [0.29, 0.717) is 5.78 Å². The topological polar surface area (TPSA) is 17.1 Å². The first-order chi connectivity index (χ1) is 7.84. The van der Waals surface area contributed by atoms with E-state index in [1.54, 1.807) is 0 Å². The van der Waals surface area contributed by atoms with E-state index in [2.05, 4.69) is 24.3 Å². The molecular weight excluding hydrogens is 196 g/mol. The molecule has 2 fully saturated rings. The fraction of sp³-hybridized carbons (Fsp3) is 0.533. The third-order valence-electron chi connectivity index (χ3n) is 4.19. The predicted molar refractivity (Wildman–Crippen MR) is 64.6 cm³/mol. The first-order valence-electron chi connectivity index (χ1n) is 6.47. The maximum atomic E-state index is 11.7. The number of hydrogen-bond donors (Lipinski definition) is 0. The number of Topliss-reactive ketones (excluding diaryl/α,β-unsaturated/α-hetero) is 1. The molecule has 0 heterocycles. The van der Waals surface area contributed by atoms with Crippen LogP contribution < -0.4 is 0 Å². The van der Waals surface area contributed by atoms with Gasteiger partial charge < -0.3 is 0 Å². The van der Waals surface area contributed by atoms with Gasteiger partial charge in [0.15, 0.2) is 0 Å². The summed E-state index contributed by atoms with van der Waals surface area (Å²) in [5.41, 5.74) is 2.73. The monoisotopic (exact) mass is 214 g/mol. The van der Waals surface area contributed by atoms with Gasteiger partial charge in [-0.05, 0) is 42.7 Å². The van der Waals surface area contributed by atoms with Crippen molar-refractivity contribution in [1.82, 2.24) is 0 Å². The van der Waals surface area contributed by atoms with Gasteiger partial charge in [-0.15, -0.1) is 0 Å². The summed E-state index contributed by atoms with van der Waals surface area (Å²) in [4.78, 5) is 11.7. The second-order valence-electron chi connectivity index (χ2n) is 5.21. The second kappa shape index (κ2) is 4.04. The molecule has 0 amide bonds. The van der Waals surface area contributed by atoms with Crippen molar-refractivity contribution in [2.24, 2.45) is 0 Å². The zero-order valence-electron chi connectivity index (χ0n) is 9.61. The molecule has 1 unspecified atom stereocenters. The van der Waals surface area contributed by atoms with E-state index < -0.39 is 0 Å². The van der Waals surface area contributed by atoms with Crippen molar-refractivity contribution in [3.63, 3.8) is 0 Å². The Kier molecular flexibility index (Phi) is 2.55. The van der Waals surface area contributed by atoms with Crippen LogP contribution in [-0.4, -0.2) is 5.78 Å². The number of ketones is 1. The van der Waals surface area contributed by atoms with Crippen molar-refractivity contribution < 1.29 is 4.79 Å². The molecule has 3 rings (SSSR count). The Morgan fingerprint density at radius 2 is 1.81 bits per heavy atom. The van der Waals surface area contributed by atoms with Gasteiger partial charge in [-0.25, -0.2) is 0 Å². The van der Waals surface area contributed by atoms with Crippen LogP contribution in [0.1, 0.15) is 61.5 Å². The van der Waals surface area contributed by atoms with Crippen LogP contribution in [-0.2, 0) is 4.79 Å². The maximum absolute atomic E-state index is 11.7. The Morgan fingerprint density at radius 3 is 2.44 bits per heavy atom. The molecule has 2 aliphatic rings. The number of hydrogen-bond acceptors (Lipinski definition) is 1. The van der Waals surface area contributed by atoms with Crippen LogP contribution in [0.2, 0.25) is 0 Å². The van der Waals surface area contributed by atoms with Gasteiger partial charge in [-0.1, -0.05) is 30.7 Å². The second-order valence-corrected chi connectivity index (χ2v) is 5.21. The third kappa shape index (κ3) is 1.68. The van der Waals surface area contributed by atoms with Gasteiger partial charge in [0.1, 0.15) is 5.78 Å². The van der Waals surface area contributed by atoms with Crippen LogP contribution in [0.25, 0.3) is 0 Å². The maximum Gasteiger partial charge on any atom is 0.140 e. The minimum Gasteiger partial charge on any atom is -0.299 e. The van der Waals surface area contributed by atoms with Crippen LogP contribution >= 0.6 is 0 Å². The number of carbonyl (C=O) groups excluding carboxylic acids is 1. The van der Waals surface area contributed by atoms with Crippen LogP contribution in [0.5, 0.6) is 0 Å². The third-order valence-corrected chi connectivity index (χ3v) is 4.19. The van der Waals surface area contributed by atoms with Gasteiger partial charge in [-0.2, -0.15) is 0 Å². The minimum atomic E-state index is 0.208. The highest BCUT2D eigenvalue weighted by molar-refractivity contribution is 5.87. The normalized spacial score (nSPS) is 25.8. The largest absolute Gasteiger partial charge is 0.299 e. The molecule has 2 aliphatic carbocycles. The number of benzene rings is 1. The van der Waals surface area contributed by atoms with E-state index in [1.807, 2.05) is 0 Å². The summed E-state index contributed by atoms with van der Waals surface area (Å²) in [6.45, 7) is 0. The first kappa shape index (κ1) is 10.1. The standard InChI is InChI=1S/C15H18O/c16-15-9-3-8-14(15)13-7-2-6-12(10-13)11-4-1-5-11/h2,6-7,10-11,14H,1,3-5,8-9H2. The van der Waals surface area contributed by atoms with Gasteiger partial charge >= 0.3 is 0 Å². The molecule has 0 saturated heterocycles. The minimum absolute atomic E-state index is 0.208. The van der Waals surface area contributed by atoms with Gasteiger partial charge in [-0.3, -0.25) is 4.79 Å². The highest BCUT2D eigenvalue weighted by atomic mass is 16.1. The van der Waals surface area contributed by atoms with E-state index in [-0.39, 0.29) is 5.92 Å². The van der Waals surface area contributed by atoms with Crippen LogP contribution in [0.3, 0.4) is 0 Å². The van der Waals surface area contributed by atoms with Crippen molar-refractivity contribution in [3.8, 4) is 0 Å². The van der Waals surface area contributed by atoms with Crippen molar-refractivity contribution >= 4 is 5.78 Å². The Hall–Kier alpha value is -1.11. The molecule has 0 bridgehead atoms. The van der Waals surface area contributed by atoms with E-state index in [9.17, 15) is 4.79 Å². The van der Waals surface area contributed by atoms with Gasteiger partial charge in [0.25, 0.3) is 0 Å². The molecule has 1 aromatic carbocycles. The van der Waals surface area contributed by atoms with Crippen LogP contribution in [0.15, 0.2) is 24.3 Å². The molecule has 0 aliphatic heterocycles. The highest BCUT2D eigenvalue weighted by Crippen LogP contribution is 2.38. The molecule has 0 spiro atoms. The summed E-state index contributed by atoms with van der Waals surface area (Å²) in [6.07, 6.45) is 6.98. The van der Waals surface area contributed by atoms with Crippen molar-refractivity contribution in [2.75, 3.05) is 0 Å². The summed E-state index contributed by atoms with van der Waals surface area (Å²) in [5.74, 6) is 1.43. The molecule has 1 aromatic rings. The average Bonchev–Trinajstić information content (AvgIpc) is 2.62. The Bertz CT molecular complexity index is 404. The molecule has 84 valence electrons. The lowest BCUT2D eigenvalue weighted by Crippen LogP contribution is -2.10. The van der Waals surface area contributed by atoms with Crippen molar-refractivity contribution in [3.05, 3.63) is 35.4 Å². The molecule has 16 heavy (non-hydrogen) atoms. The summed E-state index contributed by atoms with van der Waals surface area (Å²) in [6, 6.07) is 8.79. The predicted octanol–water partition coefficient (Wildman–Crippen LogP) is 3.79. The summed E-state index contributed by atoms with van der Waals surface area (Å²) in [7, 11) is 0. The summed E-state index contributed by atoms with van der Waals surface area (Å²) in [5, 5.41) is 0. The molecule has 0 radical (unpaired) electrons. The zero-order chi connectivity index (χ0) is 11.0. The van der Waals surface area contributed by atoms with Gasteiger partial charge in [0.05, 0.1) is 0 Å². The molecule has 2 saturated carbocycles. The molecular formula is C15H18O. The summed E-state index contributed by atoms with van der Waals surface area (Å²) < 4.78 is 0. The highest BCUT2D eigenvalue weighted by Gasteiger charge is 2.27.